The molecule has 1 aliphatic carbocycles. The number of ether oxygens (including phenoxy) is 1. The van der Waals surface area contributed by atoms with E-state index in [1.54, 1.807) is 31.1 Å². The molecule has 2 aromatic rings. The number of amides is 1. The summed E-state index contributed by atoms with van der Waals surface area (Å²) in [5.41, 5.74) is 3.14. The number of carbonyl (C=O) groups excluding carboxylic acids is 3. The summed E-state index contributed by atoms with van der Waals surface area (Å²) in [5.74, 6) is -0.630. The van der Waals surface area contributed by atoms with Crippen molar-refractivity contribution in [1.29, 1.82) is 0 Å². The van der Waals surface area contributed by atoms with Crippen LogP contribution in [0, 0.1) is 19.8 Å². The number of carbonyl (C=O) groups is 3. The molecule has 31 heavy (non-hydrogen) atoms. The van der Waals surface area contributed by atoms with E-state index < -0.39 is 12.0 Å². The van der Waals surface area contributed by atoms with E-state index in [0.717, 1.165) is 30.5 Å². The minimum Gasteiger partial charge on any atom is -0.464 e. The fourth-order valence-electron chi connectivity index (χ4n) is 4.34. The zero-order valence-electron chi connectivity index (χ0n) is 19.0. The molecule has 0 radical (unpaired) electrons. The number of rotatable bonds is 8. The van der Waals surface area contributed by atoms with Crippen molar-refractivity contribution in [3.05, 3.63) is 52.6 Å². The number of nitrogens with zero attached hydrogens (tertiary/aromatic N) is 3. The van der Waals surface area contributed by atoms with Gasteiger partial charge in [0.15, 0.2) is 5.78 Å². The maximum Gasteiger partial charge on any atom is 0.354 e. The molecule has 7 heteroatoms. The first-order valence-electron chi connectivity index (χ1n) is 10.8. The van der Waals surface area contributed by atoms with Gasteiger partial charge in [-0.25, -0.2) is 4.79 Å². The van der Waals surface area contributed by atoms with Crippen LogP contribution in [0.3, 0.4) is 0 Å². The van der Waals surface area contributed by atoms with E-state index >= 15 is 0 Å². The van der Waals surface area contributed by atoms with Crippen molar-refractivity contribution in [2.24, 2.45) is 5.92 Å². The summed E-state index contributed by atoms with van der Waals surface area (Å²) in [6, 6.07) is 3.06. The third-order valence-corrected chi connectivity index (χ3v) is 6.39. The monoisotopic (exact) mass is 425 g/mol. The standard InChI is InChI=1S/C24H31N3O4/c1-6-26-16(3)20(15(2)21(26)24(30)31-5)22(28)17(4)27(23(29)19-8-7-9-19)14-18-10-12-25-13-11-18/h10-13,17,19H,6-9,14H2,1-5H3. The molecule has 1 fully saturated rings. The van der Waals surface area contributed by atoms with Gasteiger partial charge in [0, 0.05) is 42.7 Å². The summed E-state index contributed by atoms with van der Waals surface area (Å²) in [5, 5.41) is 0. The highest BCUT2D eigenvalue weighted by atomic mass is 16.5. The van der Waals surface area contributed by atoms with Crippen LogP contribution in [-0.2, 0) is 22.6 Å². The lowest BCUT2D eigenvalue weighted by Gasteiger charge is -2.35. The van der Waals surface area contributed by atoms with E-state index in [9.17, 15) is 14.4 Å². The minimum atomic E-state index is -0.656. The maximum atomic E-state index is 13.7. The third-order valence-electron chi connectivity index (χ3n) is 6.39. The highest BCUT2D eigenvalue weighted by Crippen LogP contribution is 2.31. The Labute approximate surface area is 183 Å². The minimum absolute atomic E-state index is 0.0160. The summed E-state index contributed by atoms with van der Waals surface area (Å²) >= 11 is 0. The Morgan fingerprint density at radius 2 is 1.87 bits per heavy atom. The highest BCUT2D eigenvalue weighted by Gasteiger charge is 2.36. The van der Waals surface area contributed by atoms with E-state index in [2.05, 4.69) is 4.98 Å². The predicted octanol–water partition coefficient (Wildman–Crippen LogP) is 3.71. The molecule has 0 saturated heterocycles. The largest absolute Gasteiger partial charge is 0.464 e. The van der Waals surface area contributed by atoms with Crippen molar-refractivity contribution in [3.63, 3.8) is 0 Å². The fourth-order valence-corrected chi connectivity index (χ4v) is 4.34. The average Bonchev–Trinajstić information content (AvgIpc) is 2.99. The summed E-state index contributed by atoms with van der Waals surface area (Å²) in [4.78, 5) is 45.0. The Morgan fingerprint density at radius 1 is 1.23 bits per heavy atom. The maximum absolute atomic E-state index is 13.7. The number of esters is 1. The van der Waals surface area contributed by atoms with Crippen LogP contribution in [0.15, 0.2) is 24.5 Å². The molecule has 1 amide bonds. The Hall–Kier alpha value is -2.96. The molecular formula is C24H31N3O4. The van der Waals surface area contributed by atoms with Crippen LogP contribution in [0.1, 0.15) is 70.8 Å². The van der Waals surface area contributed by atoms with Gasteiger partial charge < -0.3 is 14.2 Å². The lowest BCUT2D eigenvalue weighted by molar-refractivity contribution is -0.140. The summed E-state index contributed by atoms with van der Waals surface area (Å²) in [7, 11) is 1.34. The van der Waals surface area contributed by atoms with E-state index in [-0.39, 0.29) is 17.6 Å². The first kappa shape index (κ1) is 22.7. The normalized spacial score (nSPS) is 14.6. The Morgan fingerprint density at radius 3 is 2.39 bits per heavy atom. The molecule has 1 atom stereocenters. The lowest BCUT2D eigenvalue weighted by atomic mass is 9.83. The number of pyridine rings is 1. The third kappa shape index (κ3) is 4.27. The van der Waals surface area contributed by atoms with Gasteiger partial charge in [-0.15, -0.1) is 0 Å². The molecule has 2 heterocycles. The average molecular weight is 426 g/mol. The highest BCUT2D eigenvalue weighted by molar-refractivity contribution is 6.06. The second-order valence-electron chi connectivity index (χ2n) is 8.16. The molecule has 3 rings (SSSR count). The van der Waals surface area contributed by atoms with E-state index in [0.29, 0.717) is 29.9 Å². The van der Waals surface area contributed by atoms with E-state index in [4.69, 9.17) is 4.74 Å². The molecule has 7 nitrogen and oxygen atoms in total. The van der Waals surface area contributed by atoms with Gasteiger partial charge in [-0.1, -0.05) is 6.42 Å². The summed E-state index contributed by atoms with van der Waals surface area (Å²) in [6.45, 7) is 8.20. The number of aromatic nitrogens is 2. The zero-order valence-corrected chi connectivity index (χ0v) is 19.0. The van der Waals surface area contributed by atoms with Crippen molar-refractivity contribution >= 4 is 17.7 Å². The topological polar surface area (TPSA) is 81.5 Å². The lowest BCUT2D eigenvalue weighted by Crippen LogP contribution is -2.47. The van der Waals surface area contributed by atoms with Crippen molar-refractivity contribution in [1.82, 2.24) is 14.5 Å². The molecule has 0 spiro atoms. The molecule has 1 unspecified atom stereocenters. The first-order valence-corrected chi connectivity index (χ1v) is 10.8. The van der Waals surface area contributed by atoms with E-state index in [1.165, 1.54) is 7.11 Å². The van der Waals surface area contributed by atoms with Gasteiger partial charge in [0.1, 0.15) is 5.69 Å². The van der Waals surface area contributed by atoms with Crippen LogP contribution >= 0.6 is 0 Å². The Balaban J connectivity index is 1.98. The molecular weight excluding hydrogens is 394 g/mol. The molecule has 1 aliphatic rings. The van der Waals surface area contributed by atoms with Crippen LogP contribution in [0.5, 0.6) is 0 Å². The predicted molar refractivity (Wildman–Crippen MR) is 117 cm³/mol. The molecule has 0 bridgehead atoms. The quantitative estimate of drug-likeness (QED) is 0.476. The van der Waals surface area contributed by atoms with E-state index in [1.807, 2.05) is 30.5 Å². The Bertz CT molecular complexity index is 976. The summed E-state index contributed by atoms with van der Waals surface area (Å²) < 4.78 is 6.75. The second-order valence-corrected chi connectivity index (χ2v) is 8.16. The number of methoxy groups -OCH3 is 1. The zero-order chi connectivity index (χ0) is 22.7. The Kier molecular flexibility index (Phi) is 6.93. The van der Waals surface area contributed by atoms with Gasteiger partial charge in [-0.3, -0.25) is 14.6 Å². The molecule has 1 saturated carbocycles. The fraction of sp³-hybridized carbons (Fsp3) is 0.500. The molecule has 0 N–H and O–H groups in total. The first-order chi connectivity index (χ1) is 14.8. The number of hydrogen-bond donors (Lipinski definition) is 0. The molecule has 0 aromatic carbocycles. The number of Topliss-reactive ketones (excluding diaryl/α,β-unsaturated/α-hetero) is 1. The van der Waals surface area contributed by atoms with Gasteiger partial charge in [-0.2, -0.15) is 0 Å². The molecule has 166 valence electrons. The van der Waals surface area contributed by atoms with Crippen molar-refractivity contribution in [2.45, 2.75) is 66.1 Å². The summed E-state index contributed by atoms with van der Waals surface area (Å²) in [6.07, 6.45) is 6.15. The van der Waals surface area contributed by atoms with Gasteiger partial charge in [0.2, 0.25) is 5.91 Å². The van der Waals surface area contributed by atoms with Gasteiger partial charge in [0.25, 0.3) is 0 Å². The van der Waals surface area contributed by atoms with Crippen LogP contribution in [0.4, 0.5) is 0 Å². The second kappa shape index (κ2) is 9.45. The number of ketones is 1. The van der Waals surface area contributed by atoms with Gasteiger partial charge in [-0.05, 0) is 63.8 Å². The van der Waals surface area contributed by atoms with Crippen LogP contribution in [0.25, 0.3) is 0 Å². The van der Waals surface area contributed by atoms with Crippen molar-refractivity contribution in [3.8, 4) is 0 Å². The van der Waals surface area contributed by atoms with Gasteiger partial charge in [0.05, 0.1) is 13.2 Å². The van der Waals surface area contributed by atoms with Crippen LogP contribution in [-0.4, -0.2) is 45.3 Å². The molecule has 2 aromatic heterocycles. The van der Waals surface area contributed by atoms with Crippen molar-refractivity contribution in [2.75, 3.05) is 7.11 Å². The van der Waals surface area contributed by atoms with Crippen LogP contribution in [0.2, 0.25) is 0 Å². The number of hydrogen-bond acceptors (Lipinski definition) is 5. The molecule has 0 aliphatic heterocycles. The van der Waals surface area contributed by atoms with Crippen molar-refractivity contribution < 1.29 is 19.1 Å². The van der Waals surface area contributed by atoms with Gasteiger partial charge >= 0.3 is 5.97 Å². The SMILES string of the molecule is CCn1c(C)c(C(=O)C(C)N(Cc2ccncc2)C(=O)C2CCC2)c(C)c1C(=O)OC. The smallest absolute Gasteiger partial charge is 0.354 e. The van der Waals surface area contributed by atoms with Crippen LogP contribution < -0.4 is 0 Å².